The van der Waals surface area contributed by atoms with Crippen molar-refractivity contribution in [3.05, 3.63) is 63.6 Å². The van der Waals surface area contributed by atoms with Crippen LogP contribution >= 0.6 is 23.2 Å². The SMILES string of the molecule is CC[C@H](C(=O)NC)N(Cc1ccc(Cl)c(Cl)c1)C(=O)COc1ccc(C)cc1. The molecule has 0 unspecified atom stereocenters. The molecule has 2 aromatic rings. The van der Waals surface area contributed by atoms with Crippen LogP contribution in [0, 0.1) is 6.92 Å². The van der Waals surface area contributed by atoms with E-state index in [4.69, 9.17) is 27.9 Å². The van der Waals surface area contributed by atoms with Gasteiger partial charge in [0.2, 0.25) is 5.91 Å². The monoisotopic (exact) mass is 422 g/mol. The molecule has 0 aliphatic rings. The second-order valence-electron chi connectivity index (χ2n) is 6.41. The summed E-state index contributed by atoms with van der Waals surface area (Å²) in [6.07, 6.45) is 0.470. The van der Waals surface area contributed by atoms with Gasteiger partial charge in [0.05, 0.1) is 10.0 Å². The number of likely N-dealkylation sites (N-methyl/N-ethyl adjacent to an activating group) is 1. The zero-order valence-electron chi connectivity index (χ0n) is 16.2. The van der Waals surface area contributed by atoms with Crippen LogP contribution < -0.4 is 10.1 Å². The highest BCUT2D eigenvalue weighted by Gasteiger charge is 2.28. The van der Waals surface area contributed by atoms with Gasteiger partial charge in [-0.3, -0.25) is 9.59 Å². The van der Waals surface area contributed by atoms with Crippen LogP contribution in [0.3, 0.4) is 0 Å². The zero-order chi connectivity index (χ0) is 20.7. The first-order chi connectivity index (χ1) is 13.3. The standard InChI is InChI=1S/C21H24Cl2N2O3/c1-4-19(21(27)24-3)25(12-15-7-10-17(22)18(23)11-15)20(26)13-28-16-8-5-14(2)6-9-16/h5-11,19H,4,12-13H2,1-3H3,(H,24,27)/t19-/m1/s1. The van der Waals surface area contributed by atoms with Crippen LogP contribution in [0.4, 0.5) is 0 Å². The molecule has 0 saturated heterocycles. The largest absolute Gasteiger partial charge is 0.484 e. The predicted octanol–water partition coefficient (Wildman–Crippen LogP) is 4.23. The van der Waals surface area contributed by atoms with Crippen molar-refractivity contribution in [2.24, 2.45) is 0 Å². The fraction of sp³-hybridized carbons (Fsp3) is 0.333. The van der Waals surface area contributed by atoms with Gasteiger partial charge in [-0.2, -0.15) is 0 Å². The average molecular weight is 423 g/mol. The van der Waals surface area contributed by atoms with Crippen molar-refractivity contribution in [2.45, 2.75) is 32.9 Å². The van der Waals surface area contributed by atoms with Crippen LogP contribution in [0.2, 0.25) is 10.0 Å². The van der Waals surface area contributed by atoms with Crippen molar-refractivity contribution in [2.75, 3.05) is 13.7 Å². The Labute approximate surface area is 175 Å². The molecular weight excluding hydrogens is 399 g/mol. The van der Waals surface area contributed by atoms with Crippen molar-refractivity contribution >= 4 is 35.0 Å². The molecular formula is C21H24Cl2N2O3. The third-order valence-corrected chi connectivity index (χ3v) is 5.09. The van der Waals surface area contributed by atoms with Crippen LogP contribution in [-0.4, -0.2) is 36.4 Å². The van der Waals surface area contributed by atoms with Crippen molar-refractivity contribution < 1.29 is 14.3 Å². The molecule has 2 aromatic carbocycles. The van der Waals surface area contributed by atoms with Crippen molar-refractivity contribution in [3.8, 4) is 5.75 Å². The highest BCUT2D eigenvalue weighted by Crippen LogP contribution is 2.24. The Morgan fingerprint density at radius 2 is 1.79 bits per heavy atom. The summed E-state index contributed by atoms with van der Waals surface area (Å²) in [7, 11) is 1.55. The summed E-state index contributed by atoms with van der Waals surface area (Å²) in [5.74, 6) is 0.0785. The van der Waals surface area contributed by atoms with Crippen LogP contribution in [0.5, 0.6) is 5.75 Å². The van der Waals surface area contributed by atoms with Crippen molar-refractivity contribution in [1.29, 1.82) is 0 Å². The fourth-order valence-corrected chi connectivity index (χ4v) is 3.10. The van der Waals surface area contributed by atoms with Crippen LogP contribution in [0.15, 0.2) is 42.5 Å². The van der Waals surface area contributed by atoms with E-state index in [1.807, 2.05) is 38.1 Å². The number of hydrogen-bond donors (Lipinski definition) is 1. The molecule has 0 aliphatic carbocycles. The quantitative estimate of drug-likeness (QED) is 0.691. The number of amides is 2. The Hall–Kier alpha value is -2.24. The molecule has 0 spiro atoms. The van der Waals surface area contributed by atoms with Gasteiger partial charge in [0.1, 0.15) is 11.8 Å². The molecule has 0 aromatic heterocycles. The molecule has 1 atom stereocenters. The first-order valence-corrected chi connectivity index (χ1v) is 9.75. The fourth-order valence-electron chi connectivity index (χ4n) is 2.78. The predicted molar refractivity (Wildman–Crippen MR) is 112 cm³/mol. The molecule has 0 saturated carbocycles. The molecule has 2 amide bonds. The molecule has 7 heteroatoms. The maximum absolute atomic E-state index is 12.9. The second kappa shape index (κ2) is 10.3. The molecule has 5 nitrogen and oxygen atoms in total. The van der Waals surface area contributed by atoms with E-state index in [0.29, 0.717) is 22.2 Å². The van der Waals surface area contributed by atoms with Crippen LogP contribution in [-0.2, 0) is 16.1 Å². The Bertz CT molecular complexity index is 825. The maximum Gasteiger partial charge on any atom is 0.261 e. The summed E-state index contributed by atoms with van der Waals surface area (Å²) in [5, 5.41) is 3.45. The van der Waals surface area contributed by atoms with Gasteiger partial charge in [0.25, 0.3) is 5.91 Å². The van der Waals surface area contributed by atoms with E-state index in [1.165, 1.54) is 4.90 Å². The topological polar surface area (TPSA) is 58.6 Å². The smallest absolute Gasteiger partial charge is 0.261 e. The van der Waals surface area contributed by atoms with E-state index < -0.39 is 6.04 Å². The lowest BCUT2D eigenvalue weighted by Gasteiger charge is -2.30. The number of rotatable bonds is 8. The molecule has 0 fully saturated rings. The number of nitrogens with one attached hydrogen (secondary N) is 1. The minimum absolute atomic E-state index is 0.169. The lowest BCUT2D eigenvalue weighted by molar-refractivity contribution is -0.142. The lowest BCUT2D eigenvalue weighted by atomic mass is 10.1. The number of hydrogen-bond acceptors (Lipinski definition) is 3. The number of ether oxygens (including phenoxy) is 1. The van der Waals surface area contributed by atoms with Gasteiger partial charge in [0, 0.05) is 13.6 Å². The summed E-state index contributed by atoms with van der Waals surface area (Å²) in [6, 6.07) is 12.0. The number of nitrogens with zero attached hydrogens (tertiary/aromatic N) is 1. The third kappa shape index (κ3) is 5.88. The van der Waals surface area contributed by atoms with Gasteiger partial charge in [-0.1, -0.05) is 53.9 Å². The van der Waals surface area contributed by atoms with E-state index in [9.17, 15) is 9.59 Å². The Kier molecular flexibility index (Phi) is 8.15. The highest BCUT2D eigenvalue weighted by atomic mass is 35.5. The molecule has 0 radical (unpaired) electrons. The van der Waals surface area contributed by atoms with E-state index in [-0.39, 0.29) is 25.0 Å². The Morgan fingerprint density at radius 3 is 2.36 bits per heavy atom. The summed E-state index contributed by atoms with van der Waals surface area (Å²) >= 11 is 12.1. The third-order valence-electron chi connectivity index (χ3n) is 4.35. The summed E-state index contributed by atoms with van der Waals surface area (Å²) < 4.78 is 5.62. The van der Waals surface area contributed by atoms with Gasteiger partial charge < -0.3 is 15.0 Å². The Morgan fingerprint density at radius 1 is 1.11 bits per heavy atom. The van der Waals surface area contributed by atoms with Gasteiger partial charge in [0.15, 0.2) is 6.61 Å². The molecule has 0 heterocycles. The molecule has 2 rings (SSSR count). The summed E-state index contributed by atoms with van der Waals surface area (Å²) in [5.41, 5.74) is 1.88. The average Bonchev–Trinajstić information content (AvgIpc) is 2.69. The molecule has 0 aliphatic heterocycles. The molecule has 1 N–H and O–H groups in total. The second-order valence-corrected chi connectivity index (χ2v) is 7.22. The van der Waals surface area contributed by atoms with E-state index in [2.05, 4.69) is 5.32 Å². The number of carbonyl (C=O) groups is 2. The molecule has 28 heavy (non-hydrogen) atoms. The first-order valence-electron chi connectivity index (χ1n) is 9.00. The van der Waals surface area contributed by atoms with E-state index in [0.717, 1.165) is 11.1 Å². The lowest BCUT2D eigenvalue weighted by Crippen LogP contribution is -2.49. The number of halogens is 2. The highest BCUT2D eigenvalue weighted by molar-refractivity contribution is 6.42. The van der Waals surface area contributed by atoms with Crippen molar-refractivity contribution in [3.63, 3.8) is 0 Å². The van der Waals surface area contributed by atoms with Gasteiger partial charge in [-0.05, 0) is 43.2 Å². The zero-order valence-corrected chi connectivity index (χ0v) is 17.7. The van der Waals surface area contributed by atoms with Crippen molar-refractivity contribution in [1.82, 2.24) is 10.2 Å². The maximum atomic E-state index is 12.9. The minimum atomic E-state index is -0.617. The van der Waals surface area contributed by atoms with Gasteiger partial charge >= 0.3 is 0 Å². The molecule has 0 bridgehead atoms. The van der Waals surface area contributed by atoms with Gasteiger partial charge in [-0.25, -0.2) is 0 Å². The minimum Gasteiger partial charge on any atom is -0.484 e. The summed E-state index contributed by atoms with van der Waals surface area (Å²) in [6.45, 7) is 3.88. The van der Waals surface area contributed by atoms with E-state index in [1.54, 1.807) is 25.2 Å². The molecule has 150 valence electrons. The van der Waals surface area contributed by atoms with Crippen LogP contribution in [0.25, 0.3) is 0 Å². The summed E-state index contributed by atoms with van der Waals surface area (Å²) in [4.78, 5) is 26.7. The van der Waals surface area contributed by atoms with E-state index >= 15 is 0 Å². The normalized spacial score (nSPS) is 11.6. The van der Waals surface area contributed by atoms with Crippen LogP contribution in [0.1, 0.15) is 24.5 Å². The first kappa shape index (κ1) is 22.1. The number of carbonyl (C=O) groups excluding carboxylic acids is 2. The number of aryl methyl sites for hydroxylation is 1. The Balaban J connectivity index is 2.20. The number of benzene rings is 2. The van der Waals surface area contributed by atoms with Gasteiger partial charge in [-0.15, -0.1) is 0 Å².